The fourth-order valence-electron chi connectivity index (χ4n) is 4.93. The van der Waals surface area contributed by atoms with Crippen molar-refractivity contribution >= 4 is 0 Å². The molecule has 180 valence electrons. The average Bonchev–Trinajstić information content (AvgIpc) is 2.86. The van der Waals surface area contributed by atoms with Crippen LogP contribution in [-0.4, -0.2) is 74.5 Å². The van der Waals surface area contributed by atoms with Crippen LogP contribution in [0.1, 0.15) is 11.1 Å². The molecule has 0 bridgehead atoms. The Kier molecular flexibility index (Phi) is 7.07. The molecule has 0 aromatic heterocycles. The summed E-state index contributed by atoms with van der Waals surface area (Å²) < 4.78 is 24.7. The molecule has 34 heavy (non-hydrogen) atoms. The summed E-state index contributed by atoms with van der Waals surface area (Å²) in [5, 5.41) is 0. The zero-order valence-corrected chi connectivity index (χ0v) is 19.8. The lowest BCUT2D eigenvalue weighted by molar-refractivity contribution is 0.0195. The van der Waals surface area contributed by atoms with Crippen LogP contribution in [0, 0.1) is 0 Å². The Labute approximate surface area is 202 Å². The van der Waals surface area contributed by atoms with Gasteiger partial charge in [0, 0.05) is 50.4 Å². The molecule has 0 N–H and O–H groups in total. The third-order valence-electron chi connectivity index (χ3n) is 6.66. The maximum absolute atomic E-state index is 6.36. The highest BCUT2D eigenvalue weighted by Crippen LogP contribution is 2.37. The van der Waals surface area contributed by atoms with Crippen molar-refractivity contribution in [1.82, 2.24) is 9.80 Å². The second kappa shape index (κ2) is 10.5. The van der Waals surface area contributed by atoms with Gasteiger partial charge in [0.1, 0.15) is 25.4 Å². The lowest BCUT2D eigenvalue weighted by Gasteiger charge is -2.39. The van der Waals surface area contributed by atoms with E-state index in [1.807, 2.05) is 36.4 Å². The first-order valence-corrected chi connectivity index (χ1v) is 12.2. The summed E-state index contributed by atoms with van der Waals surface area (Å²) in [6, 6.07) is 12.2. The van der Waals surface area contributed by atoms with Crippen molar-refractivity contribution < 1.29 is 18.9 Å². The molecule has 2 aromatic rings. The predicted molar refractivity (Wildman–Crippen MR) is 133 cm³/mol. The Morgan fingerprint density at radius 2 is 1.15 bits per heavy atom. The van der Waals surface area contributed by atoms with Gasteiger partial charge in [-0.3, -0.25) is 9.80 Å². The number of benzene rings is 2. The second-order valence-electron chi connectivity index (χ2n) is 9.18. The number of ether oxygens (including phenoxy) is 4. The summed E-state index contributed by atoms with van der Waals surface area (Å²) in [7, 11) is 0. The number of hydrogen-bond acceptors (Lipinski definition) is 6. The Morgan fingerprint density at radius 1 is 0.706 bits per heavy atom. The van der Waals surface area contributed by atoms with Gasteiger partial charge in [-0.15, -0.1) is 13.2 Å². The number of para-hydroxylation sites is 2. The summed E-state index contributed by atoms with van der Waals surface area (Å²) in [4.78, 5) is 4.95. The van der Waals surface area contributed by atoms with Gasteiger partial charge in [-0.05, 0) is 25.0 Å². The molecule has 3 aliphatic rings. The maximum Gasteiger partial charge on any atom is 0.165 e. The van der Waals surface area contributed by atoms with Gasteiger partial charge in [-0.2, -0.15) is 0 Å². The van der Waals surface area contributed by atoms with E-state index in [1.165, 1.54) is 0 Å². The van der Waals surface area contributed by atoms with Crippen LogP contribution in [0.4, 0.5) is 0 Å². The van der Waals surface area contributed by atoms with E-state index in [0.29, 0.717) is 13.2 Å². The molecule has 1 fully saturated rings. The van der Waals surface area contributed by atoms with E-state index in [9.17, 15) is 0 Å². The van der Waals surface area contributed by atoms with Crippen molar-refractivity contribution in [2.75, 3.05) is 52.5 Å². The van der Waals surface area contributed by atoms with Crippen molar-refractivity contribution in [1.29, 1.82) is 0 Å². The number of nitrogens with zero attached hydrogens (tertiary/aromatic N) is 2. The molecule has 2 aromatic carbocycles. The lowest BCUT2D eigenvalue weighted by Crippen LogP contribution is -2.53. The fourth-order valence-corrected chi connectivity index (χ4v) is 4.93. The molecule has 0 saturated carbocycles. The van der Waals surface area contributed by atoms with Gasteiger partial charge >= 0.3 is 0 Å². The molecule has 3 aliphatic heterocycles. The van der Waals surface area contributed by atoms with E-state index in [-0.39, 0.29) is 12.2 Å². The summed E-state index contributed by atoms with van der Waals surface area (Å²) >= 11 is 0. The SMILES string of the molecule is C=CCc1cccc2c1OC(CN1CCN(CC3COc4cccc(CC=C)c4O3)CC1)CO2. The maximum atomic E-state index is 6.36. The van der Waals surface area contributed by atoms with Gasteiger partial charge in [0.25, 0.3) is 0 Å². The molecule has 0 aliphatic carbocycles. The number of piperazine rings is 1. The van der Waals surface area contributed by atoms with Crippen LogP contribution >= 0.6 is 0 Å². The highest BCUT2D eigenvalue weighted by Gasteiger charge is 2.29. The molecule has 6 nitrogen and oxygen atoms in total. The van der Waals surface area contributed by atoms with E-state index in [1.54, 1.807) is 0 Å². The number of rotatable bonds is 8. The summed E-state index contributed by atoms with van der Waals surface area (Å²) in [6.45, 7) is 14.7. The standard InChI is InChI=1S/C28H34N2O4/c1-3-7-21-9-5-11-25-27(21)33-23(19-31-25)17-29-13-15-30(16-14-29)18-24-20-32-26-12-6-10-22(8-4-2)28(26)34-24/h3-6,9-12,23-24H,1-2,7-8,13-20H2. The van der Waals surface area contributed by atoms with Crippen molar-refractivity contribution in [3.05, 3.63) is 72.8 Å². The van der Waals surface area contributed by atoms with Crippen molar-refractivity contribution in [2.45, 2.75) is 25.0 Å². The Morgan fingerprint density at radius 3 is 1.56 bits per heavy atom. The molecule has 2 unspecified atom stereocenters. The molecule has 0 amide bonds. The van der Waals surface area contributed by atoms with E-state index in [2.05, 4.69) is 35.1 Å². The van der Waals surface area contributed by atoms with E-state index in [4.69, 9.17) is 18.9 Å². The Balaban J connectivity index is 1.11. The van der Waals surface area contributed by atoms with Crippen LogP contribution in [-0.2, 0) is 12.8 Å². The van der Waals surface area contributed by atoms with Gasteiger partial charge in [-0.1, -0.05) is 36.4 Å². The van der Waals surface area contributed by atoms with Crippen LogP contribution in [0.2, 0.25) is 0 Å². The zero-order chi connectivity index (χ0) is 23.3. The minimum Gasteiger partial charge on any atom is -0.486 e. The van der Waals surface area contributed by atoms with Crippen LogP contribution in [0.15, 0.2) is 61.7 Å². The summed E-state index contributed by atoms with van der Waals surface area (Å²) in [5.74, 6) is 3.44. The van der Waals surface area contributed by atoms with Crippen molar-refractivity contribution in [3.8, 4) is 23.0 Å². The van der Waals surface area contributed by atoms with E-state index in [0.717, 1.165) is 86.2 Å². The van der Waals surface area contributed by atoms with Crippen molar-refractivity contribution in [3.63, 3.8) is 0 Å². The van der Waals surface area contributed by atoms with Crippen LogP contribution in [0.25, 0.3) is 0 Å². The summed E-state index contributed by atoms with van der Waals surface area (Å²) in [5.41, 5.74) is 2.27. The van der Waals surface area contributed by atoms with Gasteiger partial charge < -0.3 is 18.9 Å². The van der Waals surface area contributed by atoms with Crippen LogP contribution in [0.3, 0.4) is 0 Å². The Bertz CT molecular complexity index is 934. The number of allylic oxidation sites excluding steroid dienone is 2. The topological polar surface area (TPSA) is 43.4 Å². The summed E-state index contributed by atoms with van der Waals surface area (Å²) in [6.07, 6.45) is 5.46. The molecular weight excluding hydrogens is 428 g/mol. The molecule has 1 saturated heterocycles. The number of fused-ring (bicyclic) bond motifs is 2. The monoisotopic (exact) mass is 462 g/mol. The molecule has 5 rings (SSSR count). The fraction of sp³-hybridized carbons (Fsp3) is 0.429. The van der Waals surface area contributed by atoms with Gasteiger partial charge in [0.2, 0.25) is 0 Å². The first-order valence-electron chi connectivity index (χ1n) is 12.2. The van der Waals surface area contributed by atoms with Gasteiger partial charge in [0.15, 0.2) is 23.0 Å². The minimum absolute atomic E-state index is 0.0416. The van der Waals surface area contributed by atoms with E-state index >= 15 is 0 Å². The predicted octanol–water partition coefficient (Wildman–Crippen LogP) is 3.74. The first kappa shape index (κ1) is 22.8. The zero-order valence-electron chi connectivity index (χ0n) is 19.8. The lowest BCUT2D eigenvalue weighted by atomic mass is 10.1. The molecule has 3 heterocycles. The molecule has 6 heteroatoms. The van der Waals surface area contributed by atoms with E-state index < -0.39 is 0 Å². The van der Waals surface area contributed by atoms with Gasteiger partial charge in [-0.25, -0.2) is 0 Å². The largest absolute Gasteiger partial charge is 0.486 e. The quantitative estimate of drug-likeness (QED) is 0.557. The third kappa shape index (κ3) is 5.08. The molecule has 0 radical (unpaired) electrons. The van der Waals surface area contributed by atoms with Crippen LogP contribution < -0.4 is 18.9 Å². The normalized spacial score (nSPS) is 22.2. The first-order chi connectivity index (χ1) is 16.7. The minimum atomic E-state index is 0.0416. The molecule has 0 spiro atoms. The van der Waals surface area contributed by atoms with Gasteiger partial charge in [0.05, 0.1) is 0 Å². The Hall–Kier alpha value is -2.96. The highest BCUT2D eigenvalue weighted by atomic mass is 16.6. The third-order valence-corrected chi connectivity index (χ3v) is 6.66. The smallest absolute Gasteiger partial charge is 0.165 e. The average molecular weight is 463 g/mol. The number of hydrogen-bond donors (Lipinski definition) is 0. The second-order valence-corrected chi connectivity index (χ2v) is 9.18. The highest BCUT2D eigenvalue weighted by molar-refractivity contribution is 5.49. The van der Waals surface area contributed by atoms with Crippen molar-refractivity contribution in [2.24, 2.45) is 0 Å². The molecular formula is C28H34N2O4. The van der Waals surface area contributed by atoms with Crippen LogP contribution in [0.5, 0.6) is 23.0 Å². The molecule has 2 atom stereocenters.